The minimum Gasteiger partial charge on any atom is -0.550 e. The smallest absolute Gasteiger partial charge is 0.309 e. The van der Waals surface area contributed by atoms with E-state index in [9.17, 15) is 14.7 Å². The summed E-state index contributed by atoms with van der Waals surface area (Å²) in [5.41, 5.74) is 3.98. The third-order valence-electron chi connectivity index (χ3n) is 6.48. The van der Waals surface area contributed by atoms with Crippen LogP contribution in [0.1, 0.15) is 42.6 Å². The van der Waals surface area contributed by atoms with Crippen LogP contribution >= 0.6 is 11.6 Å². The van der Waals surface area contributed by atoms with Gasteiger partial charge in [0.1, 0.15) is 37.3 Å². The zero-order valence-electron chi connectivity index (χ0n) is 25.1. The minimum absolute atomic E-state index is 0.110. The number of nitriles is 1. The number of aliphatic carboxylic acids is 2. The highest BCUT2D eigenvalue weighted by atomic mass is 35.5. The number of hydrogen-bond acceptors (Lipinski definition) is 7. The van der Waals surface area contributed by atoms with E-state index in [1.807, 2.05) is 60.7 Å². The van der Waals surface area contributed by atoms with Crippen molar-refractivity contribution in [3.63, 3.8) is 0 Å². The lowest BCUT2D eigenvalue weighted by Gasteiger charge is -2.17. The Balaban J connectivity index is 0.000000707. The highest BCUT2D eigenvalue weighted by Gasteiger charge is 2.17. The van der Waals surface area contributed by atoms with Crippen LogP contribution in [0.3, 0.4) is 0 Å². The number of nitrogens with one attached hydrogen (secondary N) is 1. The van der Waals surface area contributed by atoms with E-state index in [-0.39, 0.29) is 6.10 Å². The molecule has 4 rings (SSSR count). The third-order valence-corrected chi connectivity index (χ3v) is 6.73. The van der Waals surface area contributed by atoms with Gasteiger partial charge in [0, 0.05) is 10.7 Å². The number of benzene rings is 3. The number of carboxylic acids is 2. The molecule has 1 unspecified atom stereocenters. The molecule has 2 N–H and O–H groups in total. The van der Waals surface area contributed by atoms with E-state index in [4.69, 9.17) is 31.4 Å². The van der Waals surface area contributed by atoms with Crippen LogP contribution < -0.4 is 19.7 Å². The molecule has 1 aromatic heterocycles. The summed E-state index contributed by atoms with van der Waals surface area (Å²) in [5, 5.41) is 30.2. The van der Waals surface area contributed by atoms with Gasteiger partial charge in [-0.3, -0.25) is 4.79 Å². The van der Waals surface area contributed by atoms with Crippen molar-refractivity contribution in [2.24, 2.45) is 0 Å². The molecule has 0 saturated heterocycles. The van der Waals surface area contributed by atoms with Gasteiger partial charge in [-0.05, 0) is 72.5 Å². The van der Waals surface area contributed by atoms with E-state index in [1.54, 1.807) is 0 Å². The van der Waals surface area contributed by atoms with Crippen LogP contribution in [0.25, 0.3) is 0 Å². The van der Waals surface area contributed by atoms with Crippen molar-refractivity contribution in [3.05, 3.63) is 113 Å². The molecule has 3 aromatic carbocycles. The first-order chi connectivity index (χ1) is 21.7. The van der Waals surface area contributed by atoms with Gasteiger partial charge in [0.05, 0.1) is 43.8 Å². The standard InChI is InChI=1S/C31H34ClN4O2.C3H4O4/c1-2-20-37-30-13-7-27(8-14-30)31(38-21-15-25-3-5-26(22-33)6-4-25)23-36-19-18-35(24-36)17-16-34-29-11-9-28(32)10-12-29;4-2(5)1-3(6)7/h3-14,18-19,24,31,34H,2,15-17,20-21,23H2,1H3;1H2,(H,4,5)(H,6,7)/q+1;/p-1. The van der Waals surface area contributed by atoms with Crippen molar-refractivity contribution in [1.29, 1.82) is 5.26 Å². The first-order valence-corrected chi connectivity index (χ1v) is 14.9. The van der Waals surface area contributed by atoms with Gasteiger partial charge in [0.15, 0.2) is 0 Å². The zero-order valence-corrected chi connectivity index (χ0v) is 25.9. The van der Waals surface area contributed by atoms with Crippen molar-refractivity contribution in [2.45, 2.75) is 45.4 Å². The molecule has 0 fully saturated rings. The summed E-state index contributed by atoms with van der Waals surface area (Å²) in [6.07, 6.45) is 7.01. The van der Waals surface area contributed by atoms with Crippen molar-refractivity contribution in [3.8, 4) is 11.8 Å². The highest BCUT2D eigenvalue weighted by molar-refractivity contribution is 6.30. The molecule has 0 saturated carbocycles. The molecular formula is C34H37ClN4O6. The predicted molar refractivity (Wildman–Crippen MR) is 168 cm³/mol. The van der Waals surface area contributed by atoms with Crippen LogP contribution in [0, 0.1) is 11.3 Å². The highest BCUT2D eigenvalue weighted by Crippen LogP contribution is 2.23. The molecule has 45 heavy (non-hydrogen) atoms. The molecule has 0 spiro atoms. The van der Waals surface area contributed by atoms with Gasteiger partial charge in [-0.2, -0.15) is 5.26 Å². The third kappa shape index (κ3) is 13.1. The molecule has 236 valence electrons. The quantitative estimate of drug-likeness (QED) is 0.137. The normalized spacial score (nSPS) is 11.0. The van der Waals surface area contributed by atoms with Gasteiger partial charge >= 0.3 is 5.97 Å². The number of halogens is 1. The lowest BCUT2D eigenvalue weighted by molar-refractivity contribution is -0.693. The summed E-state index contributed by atoms with van der Waals surface area (Å²) in [5.74, 6) is -2.06. The van der Waals surface area contributed by atoms with E-state index in [2.05, 4.69) is 58.3 Å². The molecule has 11 heteroatoms. The summed E-state index contributed by atoms with van der Waals surface area (Å²) < 4.78 is 16.5. The molecule has 0 aliphatic heterocycles. The number of carboxylic acid groups (broad SMARTS) is 2. The van der Waals surface area contributed by atoms with Gasteiger partial charge < -0.3 is 29.8 Å². The Hall–Kier alpha value is -4.85. The van der Waals surface area contributed by atoms with Crippen LogP contribution in [0.4, 0.5) is 5.69 Å². The second-order valence-corrected chi connectivity index (χ2v) is 10.5. The number of ether oxygens (including phenoxy) is 2. The van der Waals surface area contributed by atoms with E-state index in [0.717, 1.165) is 53.5 Å². The van der Waals surface area contributed by atoms with Crippen LogP contribution in [0.5, 0.6) is 5.75 Å². The first-order valence-electron chi connectivity index (χ1n) is 14.5. The first kappa shape index (κ1) is 34.6. The van der Waals surface area contributed by atoms with Crippen molar-refractivity contribution in [2.75, 3.05) is 25.1 Å². The number of carbonyl (C=O) groups is 2. The van der Waals surface area contributed by atoms with Crippen molar-refractivity contribution in [1.82, 2.24) is 4.57 Å². The van der Waals surface area contributed by atoms with E-state index < -0.39 is 18.4 Å². The molecule has 10 nitrogen and oxygen atoms in total. The maximum Gasteiger partial charge on any atom is 0.309 e. The number of carbonyl (C=O) groups excluding carboxylic acids is 1. The molecule has 0 bridgehead atoms. The maximum absolute atomic E-state index is 9.39. The lowest BCUT2D eigenvalue weighted by atomic mass is 10.1. The second-order valence-electron chi connectivity index (χ2n) is 10.1. The number of nitrogens with zero attached hydrogens (tertiary/aromatic N) is 3. The predicted octanol–water partition coefficient (Wildman–Crippen LogP) is 4.41. The monoisotopic (exact) mass is 632 g/mol. The number of imidazole rings is 1. The maximum atomic E-state index is 9.39. The lowest BCUT2D eigenvalue weighted by Crippen LogP contribution is -2.35. The van der Waals surface area contributed by atoms with E-state index >= 15 is 0 Å². The molecule has 1 atom stereocenters. The molecule has 0 amide bonds. The molecule has 4 aromatic rings. The molecule has 0 aliphatic carbocycles. The van der Waals surface area contributed by atoms with Crippen LogP contribution in [0.2, 0.25) is 5.02 Å². The average Bonchev–Trinajstić information content (AvgIpc) is 3.48. The minimum atomic E-state index is -1.56. The molecular weight excluding hydrogens is 596 g/mol. The van der Waals surface area contributed by atoms with Gasteiger partial charge in [-0.15, -0.1) is 0 Å². The fourth-order valence-corrected chi connectivity index (χ4v) is 4.33. The van der Waals surface area contributed by atoms with Gasteiger partial charge in [0.2, 0.25) is 6.33 Å². The summed E-state index contributed by atoms with van der Waals surface area (Å²) in [7, 11) is 0. The molecule has 1 heterocycles. The topological polar surface area (TPSA) is 141 Å². The van der Waals surface area contributed by atoms with Crippen LogP contribution in [-0.4, -0.2) is 41.4 Å². The number of rotatable bonds is 16. The van der Waals surface area contributed by atoms with Crippen LogP contribution in [-0.2, 0) is 33.8 Å². The fraction of sp³-hybridized carbons (Fsp3) is 0.294. The van der Waals surface area contributed by atoms with Gasteiger partial charge in [-0.1, -0.05) is 42.8 Å². The van der Waals surface area contributed by atoms with E-state index in [1.165, 1.54) is 0 Å². The number of anilines is 1. The van der Waals surface area contributed by atoms with E-state index in [0.29, 0.717) is 25.3 Å². The Kier molecular flexibility index (Phi) is 14.4. The average molecular weight is 633 g/mol. The van der Waals surface area contributed by atoms with Gasteiger partial charge in [0.25, 0.3) is 0 Å². The van der Waals surface area contributed by atoms with Gasteiger partial charge in [-0.25, -0.2) is 9.13 Å². The number of aromatic nitrogens is 2. The molecule has 0 aliphatic rings. The largest absolute Gasteiger partial charge is 0.550 e. The zero-order chi connectivity index (χ0) is 32.4. The van der Waals surface area contributed by atoms with Crippen molar-refractivity contribution < 1.29 is 33.8 Å². The summed E-state index contributed by atoms with van der Waals surface area (Å²) in [4.78, 5) is 18.7. The Morgan fingerprint density at radius 2 is 1.78 bits per heavy atom. The molecule has 0 radical (unpaired) electrons. The second kappa shape index (κ2) is 18.7. The Morgan fingerprint density at radius 3 is 2.38 bits per heavy atom. The SMILES string of the molecule is CCCOc1ccc(C(Cn2cc[n+](CCNc3ccc(Cl)cc3)c2)OCCc2ccc(C#N)cc2)cc1.O=C([O-])CC(=O)O. The summed E-state index contributed by atoms with van der Waals surface area (Å²) in [6, 6.07) is 25.8. The Labute approximate surface area is 268 Å². The fourth-order valence-electron chi connectivity index (χ4n) is 4.21. The summed E-state index contributed by atoms with van der Waals surface area (Å²) >= 11 is 5.97. The van der Waals surface area contributed by atoms with Crippen molar-refractivity contribution >= 4 is 29.2 Å². The Bertz CT molecular complexity index is 1500. The number of hydrogen-bond donors (Lipinski definition) is 2. The van der Waals surface area contributed by atoms with Crippen LogP contribution in [0.15, 0.2) is 91.5 Å². The Morgan fingerprint density at radius 1 is 1.07 bits per heavy atom. The summed E-state index contributed by atoms with van der Waals surface area (Å²) in [6.45, 7) is 5.73.